The lowest BCUT2D eigenvalue weighted by atomic mass is 9.70. The highest BCUT2D eigenvalue weighted by Gasteiger charge is 2.74. The molecule has 0 saturated carbocycles. The maximum absolute atomic E-state index is 14.3. The summed E-state index contributed by atoms with van der Waals surface area (Å²) in [7, 11) is 0. The van der Waals surface area contributed by atoms with Crippen molar-refractivity contribution in [3.63, 3.8) is 0 Å². The third-order valence-electron chi connectivity index (χ3n) is 8.40. The summed E-state index contributed by atoms with van der Waals surface area (Å²) in [6.45, 7) is 15.3. The summed E-state index contributed by atoms with van der Waals surface area (Å²) >= 11 is 1.68. The summed E-state index contributed by atoms with van der Waals surface area (Å²) in [5, 5.41) is 9.37. The first-order valence-corrected chi connectivity index (χ1v) is 15.3. The van der Waals surface area contributed by atoms with Crippen molar-refractivity contribution >= 4 is 35.2 Å². The fourth-order valence-corrected chi connectivity index (χ4v) is 8.93. The van der Waals surface area contributed by atoms with E-state index in [0.717, 1.165) is 24.3 Å². The largest absolute Gasteiger partial charge is 0.494 e. The van der Waals surface area contributed by atoms with Gasteiger partial charge in [-0.2, -0.15) is 0 Å². The number of benzene rings is 1. The van der Waals surface area contributed by atoms with E-state index in [9.17, 15) is 19.5 Å². The van der Waals surface area contributed by atoms with Crippen molar-refractivity contribution in [2.24, 2.45) is 11.8 Å². The van der Waals surface area contributed by atoms with E-state index in [1.807, 2.05) is 45.0 Å². The minimum Gasteiger partial charge on any atom is -0.494 e. The number of hydrogen-bond acceptors (Lipinski definition) is 6. The van der Waals surface area contributed by atoms with Crippen LogP contribution in [0, 0.1) is 11.8 Å². The summed E-state index contributed by atoms with van der Waals surface area (Å²) in [5.74, 6) is -0.659. The van der Waals surface area contributed by atoms with Crippen molar-refractivity contribution < 1.29 is 24.2 Å². The number of aliphatic hydroxyl groups is 1. The maximum atomic E-state index is 14.3. The standard InChI is InChI=1S/C31H43N3O5S/c1-6-17-32(21(4)5)30(38)27-31-16-15-24(40-31)25(26(31)29(37)34(27)19-9-10-20-35)28(36)33(18-7-2)22-11-13-23(14-12-22)39-8-3/h6-7,11-14,21,24-27,35H,1-2,8-10,15-20H2,3-5H3/t24-,25+,26+,27?,31?/m1/s1. The number of unbranched alkanes of at least 4 members (excludes halogenated alkanes) is 1. The van der Waals surface area contributed by atoms with Crippen molar-refractivity contribution in [3.05, 3.63) is 49.6 Å². The second-order valence-electron chi connectivity index (χ2n) is 11.1. The van der Waals surface area contributed by atoms with E-state index < -0.39 is 22.6 Å². The monoisotopic (exact) mass is 569 g/mol. The summed E-state index contributed by atoms with van der Waals surface area (Å²) < 4.78 is 4.93. The molecule has 40 heavy (non-hydrogen) atoms. The van der Waals surface area contributed by atoms with Gasteiger partial charge in [-0.15, -0.1) is 24.9 Å². The number of ether oxygens (including phenoxy) is 1. The molecule has 2 bridgehead atoms. The van der Waals surface area contributed by atoms with Crippen LogP contribution in [0.5, 0.6) is 5.75 Å². The van der Waals surface area contributed by atoms with E-state index in [1.165, 1.54) is 0 Å². The Labute approximate surface area is 242 Å². The molecule has 1 N–H and O–H groups in total. The van der Waals surface area contributed by atoms with Crippen molar-refractivity contribution in [2.75, 3.05) is 37.7 Å². The number of likely N-dealkylation sites (tertiary alicyclic amines) is 1. The Balaban J connectivity index is 1.71. The van der Waals surface area contributed by atoms with Gasteiger partial charge < -0.3 is 24.5 Å². The molecule has 1 aromatic rings. The van der Waals surface area contributed by atoms with Gasteiger partial charge in [-0.1, -0.05) is 12.2 Å². The topological polar surface area (TPSA) is 90.4 Å². The SMILES string of the molecule is C=CCN(C(=O)[C@@H]1[C@H]2C(=O)N(CCCCO)C(C(=O)N(CC=C)C(C)C)C23CC[C@H]1S3)c1ccc(OCC)cc1. The molecule has 3 aliphatic heterocycles. The highest BCUT2D eigenvalue weighted by atomic mass is 32.2. The Morgan fingerprint density at radius 3 is 2.48 bits per heavy atom. The molecule has 1 aromatic carbocycles. The number of amides is 3. The van der Waals surface area contributed by atoms with Crippen LogP contribution in [0.2, 0.25) is 0 Å². The van der Waals surface area contributed by atoms with Gasteiger partial charge >= 0.3 is 0 Å². The Morgan fingerprint density at radius 1 is 1.18 bits per heavy atom. The van der Waals surface area contributed by atoms with Gasteiger partial charge in [0.1, 0.15) is 11.8 Å². The summed E-state index contributed by atoms with van der Waals surface area (Å²) in [4.78, 5) is 48.0. The summed E-state index contributed by atoms with van der Waals surface area (Å²) in [6.07, 6.45) is 6.07. The number of nitrogens with zero attached hydrogens (tertiary/aromatic N) is 3. The van der Waals surface area contributed by atoms with Crippen LogP contribution >= 0.6 is 11.8 Å². The highest BCUT2D eigenvalue weighted by Crippen LogP contribution is 2.66. The van der Waals surface area contributed by atoms with Crippen LogP contribution in [0.4, 0.5) is 5.69 Å². The van der Waals surface area contributed by atoms with Gasteiger partial charge in [0, 0.05) is 43.2 Å². The van der Waals surface area contributed by atoms with Gasteiger partial charge in [0.15, 0.2) is 0 Å². The number of thioether (sulfide) groups is 1. The van der Waals surface area contributed by atoms with E-state index in [4.69, 9.17) is 4.74 Å². The molecule has 4 rings (SSSR count). The van der Waals surface area contributed by atoms with E-state index in [1.54, 1.807) is 38.6 Å². The number of rotatable bonds is 14. The zero-order valence-electron chi connectivity index (χ0n) is 24.0. The zero-order valence-corrected chi connectivity index (χ0v) is 24.8. The normalized spacial score (nSPS) is 26.6. The van der Waals surface area contributed by atoms with Crippen LogP contribution in [0.25, 0.3) is 0 Å². The van der Waals surface area contributed by atoms with Crippen LogP contribution in [0.15, 0.2) is 49.6 Å². The van der Waals surface area contributed by atoms with Gasteiger partial charge in [0.25, 0.3) is 0 Å². The van der Waals surface area contributed by atoms with Crippen LogP contribution < -0.4 is 9.64 Å². The van der Waals surface area contributed by atoms with Crippen LogP contribution in [0.3, 0.4) is 0 Å². The lowest BCUT2D eigenvalue weighted by molar-refractivity contribution is -0.143. The van der Waals surface area contributed by atoms with Crippen LogP contribution in [-0.2, 0) is 14.4 Å². The third-order valence-corrected chi connectivity index (χ3v) is 10.3. The molecule has 8 nitrogen and oxygen atoms in total. The number of fused-ring (bicyclic) bond motifs is 1. The molecular weight excluding hydrogens is 526 g/mol. The van der Waals surface area contributed by atoms with Gasteiger partial charge in [-0.3, -0.25) is 14.4 Å². The Hall–Kier alpha value is -2.78. The molecule has 3 aliphatic rings. The first-order chi connectivity index (χ1) is 19.2. The second-order valence-corrected chi connectivity index (χ2v) is 12.7. The minimum atomic E-state index is -0.647. The average molecular weight is 570 g/mol. The second kappa shape index (κ2) is 12.8. The molecule has 5 atom stereocenters. The smallest absolute Gasteiger partial charge is 0.247 e. The van der Waals surface area contributed by atoms with Crippen molar-refractivity contribution in [1.29, 1.82) is 0 Å². The number of anilines is 1. The summed E-state index contributed by atoms with van der Waals surface area (Å²) in [5.41, 5.74) is 0.727. The summed E-state index contributed by atoms with van der Waals surface area (Å²) in [6, 6.07) is 6.72. The Kier molecular flexibility index (Phi) is 9.67. The molecule has 0 aliphatic carbocycles. The number of carbonyl (C=O) groups excluding carboxylic acids is 3. The van der Waals surface area contributed by atoms with Crippen molar-refractivity contribution in [3.8, 4) is 5.75 Å². The maximum Gasteiger partial charge on any atom is 0.247 e. The van der Waals surface area contributed by atoms with Gasteiger partial charge in [0.2, 0.25) is 17.7 Å². The Bertz CT molecular complexity index is 1110. The van der Waals surface area contributed by atoms with Gasteiger partial charge in [-0.05, 0) is 70.7 Å². The number of carbonyl (C=O) groups is 3. The molecule has 3 heterocycles. The van der Waals surface area contributed by atoms with E-state index in [0.29, 0.717) is 39.1 Å². The molecule has 0 radical (unpaired) electrons. The zero-order chi connectivity index (χ0) is 29.0. The van der Waals surface area contributed by atoms with Crippen molar-refractivity contribution in [2.45, 2.75) is 68.5 Å². The molecule has 0 aromatic heterocycles. The first-order valence-electron chi connectivity index (χ1n) is 14.4. The lowest BCUT2D eigenvalue weighted by Crippen LogP contribution is -2.56. The molecule has 3 fully saturated rings. The fraction of sp³-hybridized carbons (Fsp3) is 0.581. The minimum absolute atomic E-state index is 0.0281. The predicted molar refractivity (Wildman–Crippen MR) is 159 cm³/mol. The van der Waals surface area contributed by atoms with Crippen LogP contribution in [-0.4, -0.2) is 87.6 Å². The van der Waals surface area contributed by atoms with E-state index in [-0.39, 0.29) is 35.6 Å². The molecule has 3 saturated heterocycles. The van der Waals surface area contributed by atoms with E-state index >= 15 is 0 Å². The lowest BCUT2D eigenvalue weighted by Gasteiger charge is -2.38. The van der Waals surface area contributed by atoms with Gasteiger partial charge in [-0.25, -0.2) is 0 Å². The van der Waals surface area contributed by atoms with Crippen LogP contribution in [0.1, 0.15) is 46.5 Å². The quantitative estimate of drug-likeness (QED) is 0.270. The van der Waals surface area contributed by atoms with E-state index in [2.05, 4.69) is 13.2 Å². The average Bonchev–Trinajstić information content (AvgIpc) is 3.58. The molecule has 2 unspecified atom stereocenters. The fourth-order valence-electron chi connectivity index (χ4n) is 6.72. The van der Waals surface area contributed by atoms with Gasteiger partial charge in [0.05, 0.1) is 23.2 Å². The number of hydrogen-bond donors (Lipinski definition) is 1. The Morgan fingerprint density at radius 2 is 1.88 bits per heavy atom. The predicted octanol–water partition coefficient (Wildman–Crippen LogP) is 3.89. The highest BCUT2D eigenvalue weighted by molar-refractivity contribution is 8.02. The first kappa shape index (κ1) is 30.2. The number of aliphatic hydroxyl groups excluding tert-OH is 1. The molecular formula is C31H43N3O5S. The molecule has 9 heteroatoms. The van der Waals surface area contributed by atoms with Crippen molar-refractivity contribution in [1.82, 2.24) is 9.80 Å². The molecule has 218 valence electrons. The molecule has 1 spiro atoms. The third kappa shape index (κ3) is 5.30. The molecule has 3 amide bonds.